The summed E-state index contributed by atoms with van der Waals surface area (Å²) in [5.74, 6) is 0.725. The summed E-state index contributed by atoms with van der Waals surface area (Å²) in [6.45, 7) is 5.26. The monoisotopic (exact) mass is 363 g/mol. The molecule has 4 N–H and O–H groups in total. The first-order valence-corrected chi connectivity index (χ1v) is 8.09. The number of carbonyl (C=O) groups is 1. The molecule has 3 heterocycles. The van der Waals surface area contributed by atoms with Gasteiger partial charge in [-0.2, -0.15) is 15.2 Å². The lowest BCUT2D eigenvalue weighted by atomic mass is 10.4. The highest BCUT2D eigenvalue weighted by atomic mass is 35.5. The van der Waals surface area contributed by atoms with E-state index in [-0.39, 0.29) is 17.1 Å². The second-order valence-electron chi connectivity index (χ2n) is 5.35. The Bertz CT molecular complexity index is 917. The topological polar surface area (TPSA) is 129 Å². The van der Waals surface area contributed by atoms with Crippen LogP contribution < -0.4 is 16.4 Å². The van der Waals surface area contributed by atoms with Crippen LogP contribution in [0, 0.1) is 6.92 Å². The lowest BCUT2D eigenvalue weighted by Gasteiger charge is -2.09. The van der Waals surface area contributed by atoms with Gasteiger partial charge in [0.2, 0.25) is 5.95 Å². The van der Waals surface area contributed by atoms with Gasteiger partial charge in [0.1, 0.15) is 11.0 Å². The average Bonchev–Trinajstić information content (AvgIpc) is 3.11. The highest BCUT2D eigenvalue weighted by Crippen LogP contribution is 2.20. The molecule has 132 valence electrons. The molecule has 0 fully saturated rings. The van der Waals surface area contributed by atoms with E-state index in [1.54, 1.807) is 15.6 Å². The van der Waals surface area contributed by atoms with E-state index < -0.39 is 0 Å². The molecule has 0 saturated heterocycles. The minimum Gasteiger partial charge on any atom is -0.368 e. The number of urea groups is 1. The second-order valence-corrected chi connectivity index (χ2v) is 5.70. The molecular weight excluding hydrogens is 346 g/mol. The lowest BCUT2D eigenvalue weighted by Crippen LogP contribution is -2.32. The van der Waals surface area contributed by atoms with Gasteiger partial charge < -0.3 is 11.1 Å². The van der Waals surface area contributed by atoms with Crippen molar-refractivity contribution in [3.63, 3.8) is 0 Å². The first-order chi connectivity index (χ1) is 12.0. The van der Waals surface area contributed by atoms with Crippen LogP contribution in [-0.2, 0) is 13.1 Å². The van der Waals surface area contributed by atoms with Gasteiger partial charge in [-0.3, -0.25) is 5.32 Å². The zero-order chi connectivity index (χ0) is 18.0. The van der Waals surface area contributed by atoms with E-state index in [2.05, 4.69) is 30.8 Å². The van der Waals surface area contributed by atoms with Crippen LogP contribution in [0.5, 0.6) is 0 Å². The molecule has 0 aliphatic heterocycles. The molecule has 25 heavy (non-hydrogen) atoms. The number of nitrogen functional groups attached to an aromatic ring is 1. The summed E-state index contributed by atoms with van der Waals surface area (Å²) in [5.41, 5.74) is 6.98. The van der Waals surface area contributed by atoms with Gasteiger partial charge in [0.15, 0.2) is 5.65 Å². The number of aryl methyl sites for hydroxylation is 2. The molecule has 0 radical (unpaired) electrons. The number of fused-ring (bicyclic) bond motifs is 1. The highest BCUT2D eigenvalue weighted by molar-refractivity contribution is 6.34. The van der Waals surface area contributed by atoms with Crippen molar-refractivity contribution >= 4 is 40.4 Å². The second kappa shape index (κ2) is 6.93. The van der Waals surface area contributed by atoms with Crippen molar-refractivity contribution in [2.45, 2.75) is 26.9 Å². The van der Waals surface area contributed by atoms with Crippen LogP contribution in [0.3, 0.4) is 0 Å². The molecule has 0 unspecified atom stereocenters. The number of nitrogens with two attached hydrogens (primary N) is 1. The summed E-state index contributed by atoms with van der Waals surface area (Å²) in [6, 6.07) is 1.49. The summed E-state index contributed by atoms with van der Waals surface area (Å²) >= 11 is 6.01. The molecule has 3 aromatic heterocycles. The van der Waals surface area contributed by atoms with Crippen molar-refractivity contribution in [3.8, 4) is 0 Å². The molecule has 11 heteroatoms. The van der Waals surface area contributed by atoms with Crippen LogP contribution >= 0.6 is 11.6 Å². The molecule has 0 saturated carbocycles. The van der Waals surface area contributed by atoms with E-state index in [0.29, 0.717) is 36.5 Å². The normalized spacial score (nSPS) is 11.0. The van der Waals surface area contributed by atoms with Gasteiger partial charge in [0, 0.05) is 19.2 Å². The zero-order valence-electron chi connectivity index (χ0n) is 13.8. The fourth-order valence-electron chi connectivity index (χ4n) is 2.42. The third-order valence-corrected chi connectivity index (χ3v) is 3.81. The number of nitrogens with zero attached hydrogens (tertiary/aromatic N) is 6. The van der Waals surface area contributed by atoms with E-state index in [1.165, 1.54) is 0 Å². The Morgan fingerprint density at radius 3 is 2.92 bits per heavy atom. The highest BCUT2D eigenvalue weighted by Gasteiger charge is 2.11. The molecule has 0 aliphatic carbocycles. The van der Waals surface area contributed by atoms with E-state index in [1.807, 2.05) is 19.9 Å². The Balaban J connectivity index is 1.60. The smallest absolute Gasteiger partial charge is 0.320 e. The van der Waals surface area contributed by atoms with Gasteiger partial charge in [-0.05, 0) is 13.8 Å². The fraction of sp³-hybridized carbons (Fsp3) is 0.357. The van der Waals surface area contributed by atoms with Crippen LogP contribution in [0.2, 0.25) is 5.15 Å². The number of aromatic nitrogens is 6. The molecule has 0 atom stereocenters. The predicted octanol–water partition coefficient (Wildman–Crippen LogP) is 1.41. The van der Waals surface area contributed by atoms with E-state index in [4.69, 9.17) is 17.3 Å². The SMILES string of the molecule is CCn1nc(C)cc1NC(=O)NCCn1ncc2c(Cl)nc(N)nc21. The van der Waals surface area contributed by atoms with Gasteiger partial charge in [0.05, 0.1) is 23.8 Å². The molecule has 0 spiro atoms. The quantitative estimate of drug-likeness (QED) is 0.588. The first kappa shape index (κ1) is 17.0. The Hall–Kier alpha value is -2.88. The zero-order valence-corrected chi connectivity index (χ0v) is 14.6. The summed E-state index contributed by atoms with van der Waals surface area (Å²) in [7, 11) is 0. The molecule has 2 amide bonds. The maximum Gasteiger partial charge on any atom is 0.320 e. The van der Waals surface area contributed by atoms with Crippen LogP contribution in [0.4, 0.5) is 16.6 Å². The average molecular weight is 364 g/mol. The minimum atomic E-state index is -0.321. The van der Waals surface area contributed by atoms with Crippen molar-refractivity contribution in [3.05, 3.63) is 23.1 Å². The van der Waals surface area contributed by atoms with Gasteiger partial charge in [-0.15, -0.1) is 0 Å². The van der Waals surface area contributed by atoms with Crippen molar-refractivity contribution in [2.24, 2.45) is 0 Å². The molecule has 0 aliphatic rings. The molecular formula is C14H18ClN9O. The van der Waals surface area contributed by atoms with Gasteiger partial charge >= 0.3 is 6.03 Å². The maximum absolute atomic E-state index is 12.0. The number of amides is 2. The van der Waals surface area contributed by atoms with Crippen LogP contribution in [-0.4, -0.2) is 42.1 Å². The summed E-state index contributed by atoms with van der Waals surface area (Å²) in [4.78, 5) is 20.0. The molecule has 3 rings (SSSR count). The number of hydrogen-bond acceptors (Lipinski definition) is 6. The summed E-state index contributed by atoms with van der Waals surface area (Å²) in [5, 5.41) is 14.9. The number of anilines is 2. The van der Waals surface area contributed by atoms with Gasteiger partial charge in [0.25, 0.3) is 0 Å². The van der Waals surface area contributed by atoms with Crippen molar-refractivity contribution in [1.82, 2.24) is 34.8 Å². The van der Waals surface area contributed by atoms with E-state index in [9.17, 15) is 4.79 Å². The Morgan fingerprint density at radius 2 is 2.16 bits per heavy atom. The molecule has 3 aromatic rings. The number of hydrogen-bond donors (Lipinski definition) is 3. The Labute approximate surface area is 148 Å². The van der Waals surface area contributed by atoms with Crippen molar-refractivity contribution in [1.29, 1.82) is 0 Å². The standard InChI is InChI=1S/C14H18ClN9O/c1-3-23-10(6-8(2)22-23)19-14(25)17-4-5-24-12-9(7-18-24)11(15)20-13(16)21-12/h6-7H,3-5H2,1-2H3,(H2,16,20,21)(H2,17,19,25). The third-order valence-electron chi connectivity index (χ3n) is 3.52. The summed E-state index contributed by atoms with van der Waals surface area (Å²) < 4.78 is 3.33. The Kier molecular flexibility index (Phi) is 4.70. The Morgan fingerprint density at radius 1 is 1.36 bits per heavy atom. The van der Waals surface area contributed by atoms with Gasteiger partial charge in [-0.1, -0.05) is 11.6 Å². The predicted molar refractivity (Wildman–Crippen MR) is 94.4 cm³/mol. The number of rotatable bonds is 5. The van der Waals surface area contributed by atoms with E-state index >= 15 is 0 Å². The molecule has 10 nitrogen and oxygen atoms in total. The first-order valence-electron chi connectivity index (χ1n) is 7.71. The number of nitrogens with one attached hydrogen (secondary N) is 2. The lowest BCUT2D eigenvalue weighted by molar-refractivity contribution is 0.251. The van der Waals surface area contributed by atoms with E-state index in [0.717, 1.165) is 5.69 Å². The largest absolute Gasteiger partial charge is 0.368 e. The van der Waals surface area contributed by atoms with Crippen molar-refractivity contribution < 1.29 is 4.79 Å². The van der Waals surface area contributed by atoms with Crippen LogP contribution in [0.25, 0.3) is 11.0 Å². The number of carbonyl (C=O) groups excluding carboxylic acids is 1. The minimum absolute atomic E-state index is 0.0770. The van der Waals surface area contributed by atoms with Crippen molar-refractivity contribution in [2.75, 3.05) is 17.6 Å². The fourth-order valence-corrected chi connectivity index (χ4v) is 2.64. The maximum atomic E-state index is 12.0. The number of halogens is 1. The molecule has 0 bridgehead atoms. The summed E-state index contributed by atoms with van der Waals surface area (Å²) in [6.07, 6.45) is 1.57. The molecule has 0 aromatic carbocycles. The van der Waals surface area contributed by atoms with Crippen LogP contribution in [0.15, 0.2) is 12.3 Å². The van der Waals surface area contributed by atoms with Gasteiger partial charge in [-0.25, -0.2) is 19.1 Å². The third kappa shape index (κ3) is 3.63. The van der Waals surface area contributed by atoms with Crippen LogP contribution in [0.1, 0.15) is 12.6 Å².